The number of methoxy groups -OCH3 is 1. The molecule has 19 heavy (non-hydrogen) atoms. The molecule has 5 heteroatoms. The van der Waals surface area contributed by atoms with Crippen molar-refractivity contribution < 1.29 is 9.47 Å². The number of ether oxygens (including phenoxy) is 2. The largest absolute Gasteiger partial charge is 0.382 e. The molecule has 0 bridgehead atoms. The van der Waals surface area contributed by atoms with Gasteiger partial charge in [0.05, 0.1) is 19.3 Å². The molecule has 1 saturated carbocycles. The van der Waals surface area contributed by atoms with Crippen LogP contribution >= 0.6 is 0 Å². The number of guanidine groups is 1. The predicted molar refractivity (Wildman–Crippen MR) is 76.4 cm³/mol. The Labute approximate surface area is 116 Å². The van der Waals surface area contributed by atoms with Crippen molar-refractivity contribution in [3.05, 3.63) is 0 Å². The molecular formula is C14H27N3O2. The standard InChI is InChI=1S/C14H27N3O2/c1-4-15-14(16-8-12-7-11(12)2)17-5-6-19-13(9-17)10-18-3/h11-13H,4-10H2,1-3H3,(H,15,16). The smallest absolute Gasteiger partial charge is 0.194 e. The van der Waals surface area contributed by atoms with Crippen molar-refractivity contribution in [2.75, 3.05) is 46.5 Å². The van der Waals surface area contributed by atoms with Crippen LogP contribution in [-0.4, -0.2) is 63.5 Å². The molecule has 0 aromatic heterocycles. The van der Waals surface area contributed by atoms with E-state index in [1.54, 1.807) is 7.11 Å². The van der Waals surface area contributed by atoms with E-state index >= 15 is 0 Å². The highest BCUT2D eigenvalue weighted by Gasteiger charge is 2.32. The number of aliphatic imine (C=N–C) groups is 1. The molecule has 2 aliphatic rings. The highest BCUT2D eigenvalue weighted by Crippen LogP contribution is 2.37. The lowest BCUT2D eigenvalue weighted by Gasteiger charge is -2.34. The molecular weight excluding hydrogens is 242 g/mol. The number of hydrogen-bond acceptors (Lipinski definition) is 3. The Morgan fingerprint density at radius 2 is 2.32 bits per heavy atom. The van der Waals surface area contributed by atoms with Gasteiger partial charge >= 0.3 is 0 Å². The van der Waals surface area contributed by atoms with Gasteiger partial charge in [-0.25, -0.2) is 0 Å². The summed E-state index contributed by atoms with van der Waals surface area (Å²) in [6.45, 7) is 9.44. The van der Waals surface area contributed by atoms with E-state index < -0.39 is 0 Å². The maximum atomic E-state index is 5.68. The summed E-state index contributed by atoms with van der Waals surface area (Å²) >= 11 is 0. The molecule has 0 spiro atoms. The van der Waals surface area contributed by atoms with Gasteiger partial charge in [0.1, 0.15) is 0 Å². The van der Waals surface area contributed by atoms with E-state index in [0.29, 0.717) is 6.61 Å². The molecule has 3 atom stereocenters. The first-order valence-corrected chi connectivity index (χ1v) is 7.38. The number of morpholine rings is 1. The van der Waals surface area contributed by atoms with Crippen LogP contribution in [0.1, 0.15) is 20.3 Å². The molecule has 2 fully saturated rings. The second kappa shape index (κ2) is 7.10. The average molecular weight is 269 g/mol. The van der Waals surface area contributed by atoms with E-state index in [-0.39, 0.29) is 6.10 Å². The Morgan fingerprint density at radius 3 is 2.95 bits per heavy atom. The van der Waals surface area contributed by atoms with Gasteiger partial charge in [-0.15, -0.1) is 0 Å². The maximum absolute atomic E-state index is 5.68. The zero-order valence-corrected chi connectivity index (χ0v) is 12.4. The number of hydrogen-bond donors (Lipinski definition) is 1. The van der Waals surface area contributed by atoms with Gasteiger partial charge in [0.2, 0.25) is 0 Å². The number of nitrogens with zero attached hydrogens (tertiary/aromatic N) is 2. The van der Waals surface area contributed by atoms with Gasteiger partial charge in [0, 0.05) is 33.3 Å². The third-order valence-corrected chi connectivity index (χ3v) is 3.88. The van der Waals surface area contributed by atoms with Gasteiger partial charge in [-0.05, 0) is 25.2 Å². The van der Waals surface area contributed by atoms with Gasteiger partial charge in [-0.2, -0.15) is 0 Å². The normalized spacial score (nSPS) is 31.4. The van der Waals surface area contributed by atoms with Crippen LogP contribution in [0.15, 0.2) is 4.99 Å². The Bertz CT molecular complexity index is 307. The average Bonchev–Trinajstić information content (AvgIpc) is 3.11. The van der Waals surface area contributed by atoms with Crippen LogP contribution in [0.5, 0.6) is 0 Å². The molecule has 110 valence electrons. The summed E-state index contributed by atoms with van der Waals surface area (Å²) in [5, 5.41) is 3.39. The Kier molecular flexibility index (Phi) is 5.45. The van der Waals surface area contributed by atoms with Crippen molar-refractivity contribution in [1.82, 2.24) is 10.2 Å². The second-order valence-corrected chi connectivity index (χ2v) is 5.56. The van der Waals surface area contributed by atoms with Gasteiger partial charge in [-0.3, -0.25) is 4.99 Å². The number of rotatable bonds is 5. The molecule has 1 N–H and O–H groups in total. The van der Waals surface area contributed by atoms with Crippen LogP contribution in [0.25, 0.3) is 0 Å². The van der Waals surface area contributed by atoms with Crippen molar-refractivity contribution >= 4 is 5.96 Å². The third-order valence-electron chi connectivity index (χ3n) is 3.88. The van der Waals surface area contributed by atoms with Gasteiger partial charge in [-0.1, -0.05) is 6.92 Å². The number of nitrogens with one attached hydrogen (secondary N) is 1. The molecule has 0 radical (unpaired) electrons. The fraction of sp³-hybridized carbons (Fsp3) is 0.929. The quantitative estimate of drug-likeness (QED) is 0.596. The van der Waals surface area contributed by atoms with Crippen molar-refractivity contribution in [1.29, 1.82) is 0 Å². The summed E-state index contributed by atoms with van der Waals surface area (Å²) in [6, 6.07) is 0. The van der Waals surface area contributed by atoms with Crippen molar-refractivity contribution in [3.8, 4) is 0 Å². The van der Waals surface area contributed by atoms with Crippen molar-refractivity contribution in [2.24, 2.45) is 16.8 Å². The molecule has 5 nitrogen and oxygen atoms in total. The topological polar surface area (TPSA) is 46.1 Å². The fourth-order valence-corrected chi connectivity index (χ4v) is 2.48. The highest BCUT2D eigenvalue weighted by atomic mass is 16.5. The van der Waals surface area contributed by atoms with Gasteiger partial charge in [0.25, 0.3) is 0 Å². The summed E-state index contributed by atoms with van der Waals surface area (Å²) in [6.07, 6.45) is 1.49. The van der Waals surface area contributed by atoms with Crippen molar-refractivity contribution in [2.45, 2.75) is 26.4 Å². The molecule has 1 aliphatic heterocycles. The van der Waals surface area contributed by atoms with Crippen LogP contribution in [0, 0.1) is 11.8 Å². The van der Waals surface area contributed by atoms with E-state index in [1.807, 2.05) is 0 Å². The monoisotopic (exact) mass is 269 g/mol. The molecule has 3 unspecified atom stereocenters. The van der Waals surface area contributed by atoms with Crippen LogP contribution in [-0.2, 0) is 9.47 Å². The summed E-state index contributed by atoms with van der Waals surface area (Å²) in [7, 11) is 1.72. The molecule has 0 amide bonds. The van der Waals surface area contributed by atoms with Crippen LogP contribution in [0.4, 0.5) is 0 Å². The minimum absolute atomic E-state index is 0.155. The lowest BCUT2D eigenvalue weighted by Crippen LogP contribution is -2.51. The van der Waals surface area contributed by atoms with E-state index in [9.17, 15) is 0 Å². The first-order chi connectivity index (χ1) is 9.24. The first-order valence-electron chi connectivity index (χ1n) is 7.38. The van der Waals surface area contributed by atoms with Crippen LogP contribution < -0.4 is 5.32 Å². The summed E-state index contributed by atoms with van der Waals surface area (Å²) in [5.74, 6) is 2.69. The Hall–Kier alpha value is -0.810. The molecule has 2 rings (SSSR count). The first kappa shape index (κ1) is 14.6. The van der Waals surface area contributed by atoms with Crippen LogP contribution in [0.2, 0.25) is 0 Å². The summed E-state index contributed by atoms with van der Waals surface area (Å²) in [5.41, 5.74) is 0. The lowest BCUT2D eigenvalue weighted by molar-refractivity contribution is -0.0447. The predicted octanol–water partition coefficient (Wildman–Crippen LogP) is 0.955. The third kappa shape index (κ3) is 4.35. The second-order valence-electron chi connectivity index (χ2n) is 5.56. The summed E-state index contributed by atoms with van der Waals surface area (Å²) in [4.78, 5) is 7.07. The van der Waals surface area contributed by atoms with E-state index in [0.717, 1.165) is 50.6 Å². The van der Waals surface area contributed by atoms with E-state index in [1.165, 1.54) is 6.42 Å². The Morgan fingerprint density at radius 1 is 1.53 bits per heavy atom. The molecule has 1 saturated heterocycles. The minimum atomic E-state index is 0.155. The van der Waals surface area contributed by atoms with Crippen LogP contribution in [0.3, 0.4) is 0 Å². The highest BCUT2D eigenvalue weighted by molar-refractivity contribution is 5.80. The van der Waals surface area contributed by atoms with Crippen molar-refractivity contribution in [3.63, 3.8) is 0 Å². The Balaban J connectivity index is 1.89. The molecule has 1 heterocycles. The SMILES string of the molecule is CCNC(=NCC1CC1C)N1CCOC(COC)C1. The molecule has 0 aromatic rings. The summed E-state index contributed by atoms with van der Waals surface area (Å²) < 4.78 is 10.9. The van der Waals surface area contributed by atoms with Gasteiger partial charge < -0.3 is 19.7 Å². The fourth-order valence-electron chi connectivity index (χ4n) is 2.48. The minimum Gasteiger partial charge on any atom is -0.382 e. The van der Waals surface area contributed by atoms with E-state index in [2.05, 4.69) is 24.1 Å². The molecule has 0 aromatic carbocycles. The lowest BCUT2D eigenvalue weighted by atomic mass is 10.3. The molecule has 1 aliphatic carbocycles. The van der Waals surface area contributed by atoms with Gasteiger partial charge in [0.15, 0.2) is 5.96 Å². The van der Waals surface area contributed by atoms with E-state index in [4.69, 9.17) is 14.5 Å². The maximum Gasteiger partial charge on any atom is 0.194 e. The zero-order valence-electron chi connectivity index (χ0n) is 12.4. The zero-order chi connectivity index (χ0) is 13.7.